The minimum absolute atomic E-state index is 0.0563. The van der Waals surface area contributed by atoms with Crippen molar-refractivity contribution in [3.05, 3.63) is 41.3 Å². The Morgan fingerprint density at radius 3 is 2.69 bits per heavy atom. The third kappa shape index (κ3) is 1.61. The van der Waals surface area contributed by atoms with Gasteiger partial charge in [-0.15, -0.1) is 0 Å². The molecule has 0 aliphatic heterocycles. The molecule has 1 aromatic carbocycles. The molecule has 1 heterocycles. The molecule has 0 unspecified atom stereocenters. The maximum atomic E-state index is 9.04. The molecule has 0 saturated carbocycles. The predicted molar refractivity (Wildman–Crippen MR) is 53.5 cm³/mol. The number of hydrogen-bond acceptors (Lipinski definition) is 3. The van der Waals surface area contributed by atoms with E-state index >= 15 is 0 Å². The molecule has 1 N–H and O–H groups in total. The maximum Gasteiger partial charge on any atom is 0.0895 e. The fraction of sp³-hybridized carbons (Fsp3) is 0.100. The number of rotatable bonds is 2. The van der Waals surface area contributed by atoms with Gasteiger partial charge in [-0.1, -0.05) is 30.3 Å². The van der Waals surface area contributed by atoms with Crippen LogP contribution < -0.4 is 0 Å². The highest BCUT2D eigenvalue weighted by Crippen LogP contribution is 2.23. The summed E-state index contributed by atoms with van der Waals surface area (Å²) in [6.07, 6.45) is 0. The van der Waals surface area contributed by atoms with Gasteiger partial charge in [0.05, 0.1) is 12.3 Å². The first-order chi connectivity index (χ1) is 6.42. The number of benzene rings is 1. The van der Waals surface area contributed by atoms with Crippen LogP contribution in [0, 0.1) is 0 Å². The minimum atomic E-state index is 0.0563. The van der Waals surface area contributed by atoms with Crippen molar-refractivity contribution in [2.24, 2.45) is 0 Å². The van der Waals surface area contributed by atoms with Crippen LogP contribution in [0.5, 0.6) is 0 Å². The molecule has 0 aliphatic carbocycles. The molecule has 0 saturated heterocycles. The van der Waals surface area contributed by atoms with E-state index < -0.39 is 0 Å². The van der Waals surface area contributed by atoms with Crippen molar-refractivity contribution in [3.63, 3.8) is 0 Å². The van der Waals surface area contributed by atoms with E-state index in [0.29, 0.717) is 0 Å². The van der Waals surface area contributed by atoms with Gasteiger partial charge in [-0.3, -0.25) is 0 Å². The summed E-state index contributed by atoms with van der Waals surface area (Å²) in [4.78, 5) is 0. The zero-order valence-electron chi connectivity index (χ0n) is 6.97. The van der Waals surface area contributed by atoms with Gasteiger partial charge in [0.25, 0.3) is 0 Å². The molecule has 0 bridgehead atoms. The Bertz CT molecular complexity index is 383. The molecule has 0 aliphatic rings. The summed E-state index contributed by atoms with van der Waals surface area (Å²) in [5.74, 6) is 0. The first kappa shape index (κ1) is 8.41. The molecular formula is C10H9NOS. The van der Waals surface area contributed by atoms with Crippen molar-refractivity contribution in [2.45, 2.75) is 6.61 Å². The highest BCUT2D eigenvalue weighted by molar-refractivity contribution is 7.04. The average molecular weight is 191 g/mol. The van der Waals surface area contributed by atoms with Crippen molar-refractivity contribution in [1.29, 1.82) is 0 Å². The highest BCUT2D eigenvalue weighted by atomic mass is 32.1. The summed E-state index contributed by atoms with van der Waals surface area (Å²) in [5, 5.41) is 10.9. The Hall–Kier alpha value is -1.19. The van der Waals surface area contributed by atoms with Crippen LogP contribution in [0.3, 0.4) is 0 Å². The lowest BCUT2D eigenvalue weighted by Gasteiger charge is -1.98. The Morgan fingerprint density at radius 1 is 1.23 bits per heavy atom. The van der Waals surface area contributed by atoms with Crippen LogP contribution in [0.15, 0.2) is 35.7 Å². The highest BCUT2D eigenvalue weighted by Gasteiger charge is 2.05. The topological polar surface area (TPSA) is 33.1 Å². The van der Waals surface area contributed by atoms with Crippen molar-refractivity contribution in [3.8, 4) is 11.3 Å². The zero-order valence-corrected chi connectivity index (χ0v) is 7.79. The van der Waals surface area contributed by atoms with Crippen LogP contribution in [0.4, 0.5) is 0 Å². The van der Waals surface area contributed by atoms with Crippen LogP contribution in [0.1, 0.15) is 5.56 Å². The second-order valence-electron chi connectivity index (χ2n) is 2.71. The van der Waals surface area contributed by atoms with E-state index in [4.69, 9.17) is 5.11 Å². The number of hydrogen-bond donors (Lipinski definition) is 1. The van der Waals surface area contributed by atoms with Crippen LogP contribution in [0.25, 0.3) is 11.3 Å². The number of nitrogens with zero attached hydrogens (tertiary/aromatic N) is 1. The molecule has 0 atom stereocenters. The SMILES string of the molecule is OCc1csnc1-c1ccccc1. The van der Waals surface area contributed by atoms with Crippen LogP contribution in [0.2, 0.25) is 0 Å². The monoisotopic (exact) mass is 191 g/mol. The molecule has 1 aromatic heterocycles. The molecular weight excluding hydrogens is 182 g/mol. The van der Waals surface area contributed by atoms with Crippen molar-refractivity contribution in [2.75, 3.05) is 0 Å². The molecule has 13 heavy (non-hydrogen) atoms. The van der Waals surface area contributed by atoms with Gasteiger partial charge in [0, 0.05) is 16.5 Å². The normalized spacial score (nSPS) is 10.2. The second kappa shape index (κ2) is 3.68. The van der Waals surface area contributed by atoms with Gasteiger partial charge < -0.3 is 5.11 Å². The molecule has 0 spiro atoms. The van der Waals surface area contributed by atoms with E-state index in [9.17, 15) is 0 Å². The lowest BCUT2D eigenvalue weighted by atomic mass is 10.1. The van der Waals surface area contributed by atoms with Gasteiger partial charge in [0.2, 0.25) is 0 Å². The average Bonchev–Trinajstić information content (AvgIpc) is 2.67. The van der Waals surface area contributed by atoms with E-state index in [2.05, 4.69) is 4.37 Å². The quantitative estimate of drug-likeness (QED) is 0.790. The molecule has 2 aromatic rings. The molecule has 2 rings (SSSR count). The van der Waals surface area contributed by atoms with Gasteiger partial charge in [0.15, 0.2) is 0 Å². The largest absolute Gasteiger partial charge is 0.392 e. The van der Waals surface area contributed by atoms with E-state index in [1.54, 1.807) is 0 Å². The van der Waals surface area contributed by atoms with Crippen molar-refractivity contribution in [1.82, 2.24) is 4.37 Å². The maximum absolute atomic E-state index is 9.04. The van der Waals surface area contributed by atoms with Gasteiger partial charge in [-0.05, 0) is 11.5 Å². The molecule has 0 fully saturated rings. The lowest BCUT2D eigenvalue weighted by molar-refractivity contribution is 0.282. The third-order valence-electron chi connectivity index (χ3n) is 1.86. The number of aromatic nitrogens is 1. The molecule has 2 nitrogen and oxygen atoms in total. The standard InChI is InChI=1S/C10H9NOS/c12-6-9-7-13-11-10(9)8-4-2-1-3-5-8/h1-5,7,12H,6H2. The van der Waals surface area contributed by atoms with Crippen LogP contribution in [-0.4, -0.2) is 9.48 Å². The minimum Gasteiger partial charge on any atom is -0.392 e. The first-order valence-corrected chi connectivity index (χ1v) is 4.85. The Kier molecular flexibility index (Phi) is 2.38. The van der Waals surface area contributed by atoms with Gasteiger partial charge in [-0.2, -0.15) is 4.37 Å². The predicted octanol–water partition coefficient (Wildman–Crippen LogP) is 2.30. The number of aliphatic hydroxyl groups excluding tert-OH is 1. The number of aliphatic hydroxyl groups is 1. The summed E-state index contributed by atoms with van der Waals surface area (Å²) in [6, 6.07) is 9.89. The van der Waals surface area contributed by atoms with Crippen LogP contribution in [-0.2, 0) is 6.61 Å². The molecule has 3 heteroatoms. The van der Waals surface area contributed by atoms with E-state index in [1.165, 1.54) is 11.5 Å². The smallest absolute Gasteiger partial charge is 0.0895 e. The van der Waals surface area contributed by atoms with E-state index in [0.717, 1.165) is 16.8 Å². The summed E-state index contributed by atoms with van der Waals surface area (Å²) >= 11 is 1.38. The van der Waals surface area contributed by atoms with Gasteiger partial charge in [0.1, 0.15) is 0 Å². The second-order valence-corrected chi connectivity index (χ2v) is 3.34. The van der Waals surface area contributed by atoms with Crippen molar-refractivity contribution < 1.29 is 5.11 Å². The zero-order chi connectivity index (χ0) is 9.10. The first-order valence-electron chi connectivity index (χ1n) is 4.01. The third-order valence-corrected chi connectivity index (χ3v) is 2.54. The fourth-order valence-corrected chi connectivity index (χ4v) is 1.90. The Morgan fingerprint density at radius 2 is 2.00 bits per heavy atom. The van der Waals surface area contributed by atoms with E-state index in [1.807, 2.05) is 35.7 Å². The Balaban J connectivity index is 2.47. The Labute approximate surface area is 80.6 Å². The summed E-state index contributed by atoms with van der Waals surface area (Å²) in [5.41, 5.74) is 2.86. The molecule has 0 amide bonds. The van der Waals surface area contributed by atoms with E-state index in [-0.39, 0.29) is 6.61 Å². The molecule has 0 radical (unpaired) electrons. The summed E-state index contributed by atoms with van der Waals surface area (Å²) in [7, 11) is 0. The van der Waals surface area contributed by atoms with Gasteiger partial charge in [-0.25, -0.2) is 0 Å². The van der Waals surface area contributed by atoms with Crippen molar-refractivity contribution >= 4 is 11.5 Å². The van der Waals surface area contributed by atoms with Crippen LogP contribution >= 0.6 is 11.5 Å². The molecule has 66 valence electrons. The van der Waals surface area contributed by atoms with Gasteiger partial charge >= 0.3 is 0 Å². The fourth-order valence-electron chi connectivity index (χ4n) is 1.20. The summed E-state index contributed by atoms with van der Waals surface area (Å²) < 4.78 is 4.24. The summed E-state index contributed by atoms with van der Waals surface area (Å²) in [6.45, 7) is 0.0563. The lowest BCUT2D eigenvalue weighted by Crippen LogP contribution is -1.84.